The van der Waals surface area contributed by atoms with E-state index in [2.05, 4.69) is 0 Å². The molecule has 1 aliphatic heterocycles. The van der Waals surface area contributed by atoms with E-state index in [1.165, 1.54) is 0 Å². The molecule has 1 aliphatic rings. The van der Waals surface area contributed by atoms with Crippen LogP contribution in [0.4, 0.5) is 0 Å². The summed E-state index contributed by atoms with van der Waals surface area (Å²) in [6, 6.07) is 0. The van der Waals surface area contributed by atoms with Crippen LogP contribution in [-0.4, -0.2) is 24.0 Å². The van der Waals surface area contributed by atoms with Gasteiger partial charge in [-0.05, 0) is 0 Å². The molecule has 2 N–H and O–H groups in total. The molecular weight excluding hydrogens is 130 g/mol. The number of primary amides is 1. The average molecular weight is 136 g/mol. The normalized spacial score (nSPS) is 34.6. The Balaban J connectivity index is 2.26. The van der Waals surface area contributed by atoms with Crippen LogP contribution in [0, 0.1) is 0 Å². The van der Waals surface area contributed by atoms with E-state index in [1.54, 1.807) is 0 Å². The molecular formula is C4H6ClNO2. The molecule has 0 aromatic carbocycles. The summed E-state index contributed by atoms with van der Waals surface area (Å²) in [6.07, 6.45) is -0.526. The Kier molecular flexibility index (Phi) is 1.40. The third kappa shape index (κ3) is 0.928. The highest BCUT2D eigenvalue weighted by Crippen LogP contribution is 2.21. The number of amides is 1. The lowest BCUT2D eigenvalue weighted by molar-refractivity contribution is -0.119. The number of hydrogen-bond acceptors (Lipinski definition) is 2. The summed E-state index contributed by atoms with van der Waals surface area (Å²) in [7, 11) is 0. The summed E-state index contributed by atoms with van der Waals surface area (Å²) < 4.78 is 4.72. The summed E-state index contributed by atoms with van der Waals surface area (Å²) in [6.45, 7) is 0. The average Bonchev–Trinajstić information content (AvgIpc) is 2.42. The van der Waals surface area contributed by atoms with Crippen molar-refractivity contribution in [2.24, 2.45) is 5.73 Å². The van der Waals surface area contributed by atoms with Crippen LogP contribution >= 0.6 is 11.6 Å². The van der Waals surface area contributed by atoms with E-state index in [0.717, 1.165) is 0 Å². The zero-order valence-electron chi connectivity index (χ0n) is 4.13. The summed E-state index contributed by atoms with van der Waals surface area (Å²) in [5, 5.41) is 0. The Morgan fingerprint density at radius 2 is 2.50 bits per heavy atom. The number of rotatable bonds is 2. The number of alkyl halides is 1. The minimum absolute atomic E-state index is 0.117. The molecule has 1 heterocycles. The van der Waals surface area contributed by atoms with E-state index in [-0.39, 0.29) is 6.10 Å². The molecule has 0 saturated carbocycles. The highest BCUT2D eigenvalue weighted by atomic mass is 35.5. The van der Waals surface area contributed by atoms with Crippen molar-refractivity contribution in [2.45, 2.75) is 12.2 Å². The Labute approximate surface area is 51.7 Å². The number of nitrogens with two attached hydrogens (primary N) is 1. The van der Waals surface area contributed by atoms with Crippen LogP contribution in [-0.2, 0) is 9.53 Å². The third-order valence-electron chi connectivity index (χ3n) is 1.01. The molecule has 3 nitrogen and oxygen atoms in total. The van der Waals surface area contributed by atoms with E-state index in [0.29, 0.717) is 5.88 Å². The SMILES string of the molecule is NC(=O)[C@@H]1O[C@H]1CCl. The molecule has 1 saturated heterocycles. The molecule has 46 valence electrons. The maximum atomic E-state index is 10.2. The van der Waals surface area contributed by atoms with Gasteiger partial charge in [-0.25, -0.2) is 0 Å². The molecule has 0 aromatic rings. The molecule has 0 spiro atoms. The zero-order valence-corrected chi connectivity index (χ0v) is 4.89. The van der Waals surface area contributed by atoms with Gasteiger partial charge in [0.2, 0.25) is 5.91 Å². The fourth-order valence-corrected chi connectivity index (χ4v) is 0.745. The Hall–Kier alpha value is -0.280. The van der Waals surface area contributed by atoms with Gasteiger partial charge in [-0.15, -0.1) is 11.6 Å². The molecule has 1 amide bonds. The third-order valence-corrected chi connectivity index (χ3v) is 1.32. The van der Waals surface area contributed by atoms with E-state index >= 15 is 0 Å². The molecule has 0 unspecified atom stereocenters. The minimum atomic E-state index is -0.421. The molecule has 0 bridgehead atoms. The molecule has 8 heavy (non-hydrogen) atoms. The fourth-order valence-electron chi connectivity index (χ4n) is 0.511. The number of carbonyl (C=O) groups is 1. The van der Waals surface area contributed by atoms with Gasteiger partial charge in [0, 0.05) is 0 Å². The van der Waals surface area contributed by atoms with Gasteiger partial charge in [0.25, 0.3) is 0 Å². The maximum absolute atomic E-state index is 10.2. The molecule has 0 aromatic heterocycles. The van der Waals surface area contributed by atoms with Crippen LogP contribution in [0.5, 0.6) is 0 Å². The van der Waals surface area contributed by atoms with Crippen LogP contribution in [0.25, 0.3) is 0 Å². The van der Waals surface area contributed by atoms with Crippen molar-refractivity contribution in [1.82, 2.24) is 0 Å². The van der Waals surface area contributed by atoms with Crippen LogP contribution in [0.1, 0.15) is 0 Å². The van der Waals surface area contributed by atoms with Crippen molar-refractivity contribution in [3.8, 4) is 0 Å². The summed E-state index contributed by atoms with van der Waals surface area (Å²) in [5.74, 6) is -0.0659. The molecule has 4 heteroatoms. The highest BCUT2D eigenvalue weighted by Gasteiger charge is 2.42. The lowest BCUT2D eigenvalue weighted by atomic mass is 10.3. The standard InChI is InChI=1S/C4H6ClNO2/c5-1-2-3(8-2)4(6)7/h2-3H,1H2,(H2,6,7)/t2-,3+/m0/s1. The largest absolute Gasteiger partial charge is 0.367 e. The van der Waals surface area contributed by atoms with Crippen molar-refractivity contribution < 1.29 is 9.53 Å². The second kappa shape index (κ2) is 1.91. The van der Waals surface area contributed by atoms with Crippen molar-refractivity contribution >= 4 is 17.5 Å². The molecule has 1 rings (SSSR count). The van der Waals surface area contributed by atoms with Crippen molar-refractivity contribution in [1.29, 1.82) is 0 Å². The first-order chi connectivity index (χ1) is 3.75. The summed E-state index contributed by atoms with van der Waals surface area (Å²) >= 11 is 5.30. The molecule has 0 aliphatic carbocycles. The first-order valence-electron chi connectivity index (χ1n) is 2.26. The minimum Gasteiger partial charge on any atom is -0.367 e. The van der Waals surface area contributed by atoms with Crippen LogP contribution in [0.2, 0.25) is 0 Å². The number of hydrogen-bond donors (Lipinski definition) is 1. The quantitative estimate of drug-likeness (QED) is 0.409. The van der Waals surface area contributed by atoms with Gasteiger partial charge >= 0.3 is 0 Å². The van der Waals surface area contributed by atoms with Crippen molar-refractivity contribution in [3.05, 3.63) is 0 Å². The van der Waals surface area contributed by atoms with E-state index in [1.807, 2.05) is 0 Å². The summed E-state index contributed by atoms with van der Waals surface area (Å²) in [4.78, 5) is 10.2. The number of ether oxygens (including phenoxy) is 1. The number of epoxide rings is 1. The first kappa shape index (κ1) is 5.85. The topological polar surface area (TPSA) is 55.6 Å². The zero-order chi connectivity index (χ0) is 6.15. The predicted octanol–water partition coefficient (Wildman–Crippen LogP) is -0.522. The van der Waals surface area contributed by atoms with Crippen LogP contribution < -0.4 is 5.73 Å². The lowest BCUT2D eigenvalue weighted by Gasteiger charge is -1.78. The Morgan fingerprint density at radius 1 is 1.88 bits per heavy atom. The summed E-state index contributed by atoms with van der Waals surface area (Å²) in [5.41, 5.74) is 4.84. The van der Waals surface area contributed by atoms with Crippen LogP contribution in [0.15, 0.2) is 0 Å². The number of carbonyl (C=O) groups excluding carboxylic acids is 1. The van der Waals surface area contributed by atoms with Gasteiger partial charge in [-0.1, -0.05) is 0 Å². The van der Waals surface area contributed by atoms with Gasteiger partial charge < -0.3 is 10.5 Å². The monoisotopic (exact) mass is 135 g/mol. The highest BCUT2D eigenvalue weighted by molar-refractivity contribution is 6.18. The second-order valence-corrected chi connectivity index (χ2v) is 1.96. The Bertz CT molecular complexity index is 117. The fraction of sp³-hybridized carbons (Fsp3) is 0.750. The first-order valence-corrected chi connectivity index (χ1v) is 2.80. The predicted molar refractivity (Wildman–Crippen MR) is 28.6 cm³/mol. The molecule has 1 fully saturated rings. The van der Waals surface area contributed by atoms with Gasteiger partial charge in [-0.2, -0.15) is 0 Å². The van der Waals surface area contributed by atoms with Crippen molar-refractivity contribution in [3.63, 3.8) is 0 Å². The molecule has 0 radical (unpaired) electrons. The van der Waals surface area contributed by atoms with Crippen molar-refractivity contribution in [2.75, 3.05) is 5.88 Å². The Morgan fingerprint density at radius 3 is 2.62 bits per heavy atom. The maximum Gasteiger partial charge on any atom is 0.249 e. The number of halogens is 1. The molecule has 2 atom stereocenters. The van der Waals surface area contributed by atoms with Gasteiger partial charge in [-0.3, -0.25) is 4.79 Å². The van der Waals surface area contributed by atoms with E-state index < -0.39 is 12.0 Å². The van der Waals surface area contributed by atoms with E-state index in [9.17, 15) is 4.79 Å². The van der Waals surface area contributed by atoms with Gasteiger partial charge in [0.05, 0.1) is 5.88 Å². The van der Waals surface area contributed by atoms with Gasteiger partial charge in [0.1, 0.15) is 6.10 Å². The van der Waals surface area contributed by atoms with Gasteiger partial charge in [0.15, 0.2) is 6.10 Å². The second-order valence-electron chi connectivity index (χ2n) is 1.65. The van der Waals surface area contributed by atoms with Crippen LogP contribution in [0.3, 0.4) is 0 Å². The smallest absolute Gasteiger partial charge is 0.249 e. The van der Waals surface area contributed by atoms with E-state index in [4.69, 9.17) is 22.1 Å². The lowest BCUT2D eigenvalue weighted by Crippen LogP contribution is -2.20.